The lowest BCUT2D eigenvalue weighted by atomic mass is 10.0. The van der Waals surface area contributed by atoms with Gasteiger partial charge in [-0.3, -0.25) is 9.59 Å². The van der Waals surface area contributed by atoms with Gasteiger partial charge in [0.05, 0.1) is 11.9 Å². The smallest absolute Gasteiger partial charge is 0.193 e. The zero-order valence-electron chi connectivity index (χ0n) is 16.0. The first-order chi connectivity index (χ1) is 14.1. The van der Waals surface area contributed by atoms with Crippen molar-refractivity contribution in [2.75, 3.05) is 0 Å². The number of carbonyl (C=O) groups is 1. The molecule has 152 valence electrons. The van der Waals surface area contributed by atoms with Crippen molar-refractivity contribution in [1.29, 1.82) is 0 Å². The van der Waals surface area contributed by atoms with Gasteiger partial charge in [-0.2, -0.15) is 0 Å². The SMILES string of the molecule is Cl.NCc1cc(=O)c2ccc(Oc3cccc(C(=O)Cc4ccccc4)c3)cc2o1. The van der Waals surface area contributed by atoms with Gasteiger partial charge in [0.1, 0.15) is 22.8 Å². The molecule has 0 amide bonds. The fourth-order valence-electron chi connectivity index (χ4n) is 3.10. The van der Waals surface area contributed by atoms with Gasteiger partial charge in [-0.15, -0.1) is 12.4 Å². The van der Waals surface area contributed by atoms with E-state index in [-0.39, 0.29) is 30.2 Å². The van der Waals surface area contributed by atoms with Crippen LogP contribution in [0.2, 0.25) is 0 Å². The van der Waals surface area contributed by atoms with Gasteiger partial charge in [0.2, 0.25) is 0 Å². The van der Waals surface area contributed by atoms with Crippen molar-refractivity contribution in [3.05, 3.63) is 106 Å². The Kier molecular flexibility index (Phi) is 6.67. The molecule has 0 atom stereocenters. The van der Waals surface area contributed by atoms with Crippen molar-refractivity contribution in [1.82, 2.24) is 0 Å². The van der Waals surface area contributed by atoms with Gasteiger partial charge >= 0.3 is 0 Å². The second kappa shape index (κ2) is 9.39. The summed E-state index contributed by atoms with van der Waals surface area (Å²) in [7, 11) is 0. The van der Waals surface area contributed by atoms with Crippen LogP contribution in [-0.2, 0) is 13.0 Å². The summed E-state index contributed by atoms with van der Waals surface area (Å²) >= 11 is 0. The average Bonchev–Trinajstić information content (AvgIpc) is 2.74. The topological polar surface area (TPSA) is 82.5 Å². The third-order valence-electron chi connectivity index (χ3n) is 4.55. The lowest BCUT2D eigenvalue weighted by Gasteiger charge is -2.09. The number of ether oxygens (including phenoxy) is 1. The fraction of sp³-hybridized carbons (Fsp3) is 0.0833. The van der Waals surface area contributed by atoms with Crippen molar-refractivity contribution in [3.63, 3.8) is 0 Å². The molecule has 2 N–H and O–H groups in total. The Balaban J connectivity index is 0.00000256. The van der Waals surface area contributed by atoms with Gasteiger partial charge in [0.25, 0.3) is 0 Å². The summed E-state index contributed by atoms with van der Waals surface area (Å²) in [5, 5.41) is 0.460. The molecule has 4 rings (SSSR count). The Bertz CT molecular complexity index is 1230. The third kappa shape index (κ3) is 4.76. The Morgan fingerprint density at radius 2 is 1.67 bits per heavy atom. The number of nitrogens with two attached hydrogens (primary N) is 1. The molecule has 0 aliphatic heterocycles. The van der Waals surface area contributed by atoms with Crippen LogP contribution >= 0.6 is 12.4 Å². The van der Waals surface area contributed by atoms with E-state index in [4.69, 9.17) is 14.9 Å². The summed E-state index contributed by atoms with van der Waals surface area (Å²) in [5.41, 5.74) is 7.37. The first kappa shape index (κ1) is 21.3. The number of halogens is 1. The summed E-state index contributed by atoms with van der Waals surface area (Å²) in [5.74, 6) is 1.45. The largest absolute Gasteiger partial charge is 0.459 e. The second-order valence-electron chi connectivity index (χ2n) is 6.65. The van der Waals surface area contributed by atoms with Crippen molar-refractivity contribution in [3.8, 4) is 11.5 Å². The summed E-state index contributed by atoms with van der Waals surface area (Å²) < 4.78 is 11.5. The first-order valence-electron chi connectivity index (χ1n) is 9.24. The van der Waals surface area contributed by atoms with E-state index in [0.29, 0.717) is 40.2 Å². The molecule has 0 radical (unpaired) electrons. The van der Waals surface area contributed by atoms with Gasteiger partial charge in [0.15, 0.2) is 11.2 Å². The molecule has 0 aliphatic rings. The molecule has 3 aromatic carbocycles. The molecule has 0 saturated heterocycles. The Hall–Kier alpha value is -3.41. The van der Waals surface area contributed by atoms with Crippen LogP contribution in [0.5, 0.6) is 11.5 Å². The monoisotopic (exact) mass is 421 g/mol. The van der Waals surface area contributed by atoms with Gasteiger partial charge in [-0.25, -0.2) is 0 Å². The van der Waals surface area contributed by atoms with Crippen LogP contribution < -0.4 is 15.9 Å². The predicted octanol–water partition coefficient (Wildman–Crippen LogP) is 4.89. The highest BCUT2D eigenvalue weighted by Crippen LogP contribution is 2.26. The standard InChI is InChI=1S/C24H19NO4.ClH/c25-15-20-13-23(27)21-10-9-19(14-24(21)29-20)28-18-8-4-7-17(12-18)22(26)11-16-5-2-1-3-6-16;/h1-10,12-14H,11,15,25H2;1H. The molecule has 0 aliphatic carbocycles. The third-order valence-corrected chi connectivity index (χ3v) is 4.55. The summed E-state index contributed by atoms with van der Waals surface area (Å²) in [6, 6.07) is 23.0. The van der Waals surface area contributed by atoms with E-state index in [2.05, 4.69) is 0 Å². The zero-order valence-corrected chi connectivity index (χ0v) is 16.9. The maximum atomic E-state index is 12.6. The minimum Gasteiger partial charge on any atom is -0.459 e. The molecular weight excluding hydrogens is 402 g/mol. The van der Waals surface area contributed by atoms with E-state index in [1.807, 2.05) is 30.3 Å². The fourth-order valence-corrected chi connectivity index (χ4v) is 3.10. The zero-order chi connectivity index (χ0) is 20.2. The van der Waals surface area contributed by atoms with Crippen LogP contribution in [0.1, 0.15) is 21.7 Å². The van der Waals surface area contributed by atoms with Crippen molar-refractivity contribution >= 4 is 29.2 Å². The minimum atomic E-state index is -0.147. The lowest BCUT2D eigenvalue weighted by molar-refractivity contribution is 0.0992. The highest BCUT2D eigenvalue weighted by molar-refractivity contribution is 5.97. The average molecular weight is 422 g/mol. The Morgan fingerprint density at radius 3 is 2.43 bits per heavy atom. The molecule has 5 nitrogen and oxygen atoms in total. The van der Waals surface area contributed by atoms with E-state index < -0.39 is 0 Å². The van der Waals surface area contributed by atoms with Crippen LogP contribution in [0.15, 0.2) is 88.1 Å². The van der Waals surface area contributed by atoms with E-state index in [9.17, 15) is 9.59 Å². The summed E-state index contributed by atoms with van der Waals surface area (Å²) in [6.45, 7) is 0.141. The molecular formula is C24H20ClNO4. The number of ketones is 1. The molecule has 0 saturated carbocycles. The summed E-state index contributed by atoms with van der Waals surface area (Å²) in [6.07, 6.45) is 0.327. The maximum Gasteiger partial charge on any atom is 0.193 e. The van der Waals surface area contributed by atoms with Crippen LogP contribution in [0.25, 0.3) is 11.0 Å². The first-order valence-corrected chi connectivity index (χ1v) is 9.24. The van der Waals surface area contributed by atoms with Crippen LogP contribution in [0, 0.1) is 0 Å². The van der Waals surface area contributed by atoms with Gasteiger partial charge in [-0.05, 0) is 29.8 Å². The Labute approximate surface area is 179 Å². The van der Waals surface area contributed by atoms with Crippen molar-refractivity contribution < 1.29 is 13.9 Å². The highest BCUT2D eigenvalue weighted by atomic mass is 35.5. The molecule has 1 aromatic heterocycles. The van der Waals surface area contributed by atoms with Crippen LogP contribution in [-0.4, -0.2) is 5.78 Å². The number of fused-ring (bicyclic) bond motifs is 1. The lowest BCUT2D eigenvalue weighted by Crippen LogP contribution is -2.05. The van der Waals surface area contributed by atoms with Crippen molar-refractivity contribution in [2.45, 2.75) is 13.0 Å². The predicted molar refractivity (Wildman–Crippen MR) is 119 cm³/mol. The molecule has 4 aromatic rings. The van der Waals surface area contributed by atoms with Gasteiger partial charge in [-0.1, -0.05) is 42.5 Å². The normalized spacial score (nSPS) is 10.4. The van der Waals surface area contributed by atoms with Crippen molar-refractivity contribution in [2.24, 2.45) is 5.73 Å². The quantitative estimate of drug-likeness (QED) is 0.448. The van der Waals surface area contributed by atoms with E-state index in [1.54, 1.807) is 42.5 Å². The molecule has 0 fully saturated rings. The number of rotatable bonds is 6. The maximum absolute atomic E-state index is 12.6. The van der Waals surface area contributed by atoms with Gasteiger partial charge in [0, 0.05) is 24.1 Å². The molecule has 0 unspecified atom stereocenters. The highest BCUT2D eigenvalue weighted by Gasteiger charge is 2.10. The van der Waals surface area contributed by atoms with Crippen LogP contribution in [0.3, 0.4) is 0 Å². The second-order valence-corrected chi connectivity index (χ2v) is 6.65. The Morgan fingerprint density at radius 1 is 0.900 bits per heavy atom. The molecule has 1 heterocycles. The van der Waals surface area contributed by atoms with Crippen LogP contribution in [0.4, 0.5) is 0 Å². The van der Waals surface area contributed by atoms with E-state index in [1.165, 1.54) is 6.07 Å². The number of Topliss-reactive ketones (excluding diaryl/α,β-unsaturated/α-hetero) is 1. The number of hydrogen-bond donors (Lipinski definition) is 1. The van der Waals surface area contributed by atoms with E-state index in [0.717, 1.165) is 5.56 Å². The number of benzene rings is 3. The molecule has 0 bridgehead atoms. The molecule has 30 heavy (non-hydrogen) atoms. The number of hydrogen-bond acceptors (Lipinski definition) is 5. The number of carbonyl (C=O) groups excluding carboxylic acids is 1. The van der Waals surface area contributed by atoms with Gasteiger partial charge < -0.3 is 14.9 Å². The van der Waals surface area contributed by atoms with E-state index >= 15 is 0 Å². The minimum absolute atomic E-state index is 0. The molecule has 6 heteroatoms. The molecule has 0 spiro atoms. The summed E-state index contributed by atoms with van der Waals surface area (Å²) in [4.78, 5) is 24.7.